The van der Waals surface area contributed by atoms with Crippen molar-refractivity contribution in [3.05, 3.63) is 59.1 Å². The summed E-state index contributed by atoms with van der Waals surface area (Å²) in [5.74, 6) is -0.889. The lowest BCUT2D eigenvalue weighted by molar-refractivity contribution is -0.118. The number of carbonyl (C=O) groups excluding carboxylic acids is 1. The normalized spacial score (nSPS) is 12.5. The molecular weight excluding hydrogens is 427 g/mol. The van der Waals surface area contributed by atoms with Crippen LogP contribution in [-0.2, 0) is 25.9 Å². The van der Waals surface area contributed by atoms with E-state index in [-0.39, 0.29) is 29.3 Å². The molecule has 0 fully saturated rings. The molecule has 1 aromatic heterocycles. The van der Waals surface area contributed by atoms with Crippen LogP contribution in [0.5, 0.6) is 0 Å². The first-order chi connectivity index (χ1) is 14.4. The monoisotopic (exact) mass is 450 g/mol. The fraction of sp³-hybridized carbons (Fsp3) is 0.333. The van der Waals surface area contributed by atoms with Gasteiger partial charge in [-0.05, 0) is 43.7 Å². The molecule has 160 valence electrons. The Hall–Kier alpha value is -2.36. The molecule has 3 rings (SSSR count). The van der Waals surface area contributed by atoms with Crippen LogP contribution in [0, 0.1) is 5.82 Å². The third kappa shape index (κ3) is 5.62. The van der Waals surface area contributed by atoms with Crippen LogP contribution in [0.3, 0.4) is 0 Å². The smallest absolute Gasteiger partial charge is 0.248 e. The quantitative estimate of drug-likeness (QED) is 0.467. The summed E-state index contributed by atoms with van der Waals surface area (Å²) in [6.45, 7) is 3.38. The number of fused-ring (bicyclic) bond motifs is 1. The molecule has 2 aromatic carbocycles. The van der Waals surface area contributed by atoms with E-state index in [1.54, 1.807) is 36.4 Å². The summed E-state index contributed by atoms with van der Waals surface area (Å²) < 4.78 is 46.2. The van der Waals surface area contributed by atoms with Gasteiger partial charge >= 0.3 is 0 Å². The van der Waals surface area contributed by atoms with Crippen molar-refractivity contribution in [2.24, 2.45) is 4.99 Å². The fourth-order valence-corrected chi connectivity index (χ4v) is 5.40. The Morgan fingerprint density at radius 3 is 2.70 bits per heavy atom. The number of hydrogen-bond acceptors (Lipinski definition) is 5. The van der Waals surface area contributed by atoms with E-state index in [1.165, 1.54) is 23.5 Å². The zero-order valence-electron chi connectivity index (χ0n) is 16.6. The Kier molecular flexibility index (Phi) is 7.52. The highest BCUT2D eigenvalue weighted by Crippen LogP contribution is 2.19. The minimum Gasteiger partial charge on any atom is -0.380 e. The number of nitrogens with zero attached hydrogens (tertiary/aromatic N) is 2. The van der Waals surface area contributed by atoms with Gasteiger partial charge in [-0.25, -0.2) is 12.8 Å². The third-order valence-electron chi connectivity index (χ3n) is 4.43. The van der Waals surface area contributed by atoms with Gasteiger partial charge in [0.2, 0.25) is 5.91 Å². The predicted octanol–water partition coefficient (Wildman–Crippen LogP) is 3.56. The van der Waals surface area contributed by atoms with Crippen molar-refractivity contribution < 1.29 is 22.3 Å². The summed E-state index contributed by atoms with van der Waals surface area (Å²) >= 11 is 1.22. The van der Waals surface area contributed by atoms with Gasteiger partial charge in [-0.15, -0.1) is 0 Å². The molecule has 0 saturated carbocycles. The molecule has 9 heteroatoms. The second-order valence-electron chi connectivity index (χ2n) is 6.59. The molecule has 0 spiro atoms. The first-order valence-electron chi connectivity index (χ1n) is 9.62. The maximum absolute atomic E-state index is 13.6. The second-order valence-corrected chi connectivity index (χ2v) is 9.70. The molecule has 0 unspecified atom stereocenters. The summed E-state index contributed by atoms with van der Waals surface area (Å²) in [6.07, 6.45) is 0.193. The lowest BCUT2D eigenvalue weighted by atomic mass is 10.3. The van der Waals surface area contributed by atoms with Crippen molar-refractivity contribution in [1.82, 2.24) is 4.57 Å². The van der Waals surface area contributed by atoms with Crippen molar-refractivity contribution in [3.63, 3.8) is 0 Å². The van der Waals surface area contributed by atoms with E-state index in [9.17, 15) is 17.6 Å². The van der Waals surface area contributed by atoms with Gasteiger partial charge in [0.15, 0.2) is 14.6 Å². The Bertz CT molecular complexity index is 1180. The molecule has 0 radical (unpaired) electrons. The van der Waals surface area contributed by atoms with Gasteiger partial charge in [0, 0.05) is 19.6 Å². The fourth-order valence-electron chi connectivity index (χ4n) is 2.97. The number of sulfone groups is 1. The number of hydrogen-bond donors (Lipinski definition) is 0. The Labute approximate surface area is 178 Å². The topological polar surface area (TPSA) is 77.7 Å². The van der Waals surface area contributed by atoms with Crippen LogP contribution in [0.25, 0.3) is 10.2 Å². The minimum atomic E-state index is -3.43. The predicted molar refractivity (Wildman–Crippen MR) is 115 cm³/mol. The van der Waals surface area contributed by atoms with E-state index >= 15 is 0 Å². The van der Waals surface area contributed by atoms with Crippen molar-refractivity contribution in [2.45, 2.75) is 31.2 Å². The standard InChI is InChI=1S/C21H23FN2O4S2/c1-2-28-13-12-24-18-11-10-16(22)15-19(18)29-21(24)23-20(25)9-6-14-30(26,27)17-7-4-3-5-8-17/h3-5,7-8,10-11,15H,2,6,9,12-14H2,1H3. The summed E-state index contributed by atoms with van der Waals surface area (Å²) in [7, 11) is -3.43. The van der Waals surface area contributed by atoms with Gasteiger partial charge in [-0.1, -0.05) is 29.5 Å². The summed E-state index contributed by atoms with van der Waals surface area (Å²) in [5, 5.41) is 0. The number of thiazole rings is 1. The van der Waals surface area contributed by atoms with Gasteiger partial charge in [0.05, 0.1) is 27.5 Å². The van der Waals surface area contributed by atoms with E-state index < -0.39 is 15.7 Å². The first-order valence-corrected chi connectivity index (χ1v) is 12.1. The maximum Gasteiger partial charge on any atom is 0.248 e. The number of aromatic nitrogens is 1. The average molecular weight is 451 g/mol. The lowest BCUT2D eigenvalue weighted by Crippen LogP contribution is -2.20. The van der Waals surface area contributed by atoms with Crippen LogP contribution in [0.1, 0.15) is 19.8 Å². The lowest BCUT2D eigenvalue weighted by Gasteiger charge is -2.05. The van der Waals surface area contributed by atoms with E-state index in [4.69, 9.17) is 4.74 Å². The molecular formula is C21H23FN2O4S2. The number of ether oxygens (including phenoxy) is 1. The van der Waals surface area contributed by atoms with Crippen LogP contribution in [-0.4, -0.2) is 37.9 Å². The molecule has 0 saturated heterocycles. The molecule has 0 aliphatic rings. The summed E-state index contributed by atoms with van der Waals surface area (Å²) in [6, 6.07) is 12.6. The van der Waals surface area contributed by atoms with Crippen LogP contribution < -0.4 is 4.80 Å². The van der Waals surface area contributed by atoms with E-state index in [1.807, 2.05) is 11.5 Å². The second kappa shape index (κ2) is 10.1. The molecule has 0 N–H and O–H groups in total. The number of halogens is 1. The summed E-state index contributed by atoms with van der Waals surface area (Å²) in [4.78, 5) is 17.2. The van der Waals surface area contributed by atoms with Gasteiger partial charge in [0.25, 0.3) is 0 Å². The number of amides is 1. The first kappa shape index (κ1) is 22.3. The Morgan fingerprint density at radius 1 is 1.20 bits per heavy atom. The number of benzene rings is 2. The molecule has 0 aliphatic heterocycles. The highest BCUT2D eigenvalue weighted by atomic mass is 32.2. The SMILES string of the molecule is CCOCCn1c(=NC(=O)CCCS(=O)(=O)c2ccccc2)sc2cc(F)ccc21. The van der Waals surface area contributed by atoms with Crippen LogP contribution in [0.2, 0.25) is 0 Å². The Balaban J connectivity index is 1.75. The van der Waals surface area contributed by atoms with Crippen molar-refractivity contribution >= 4 is 37.3 Å². The zero-order chi connectivity index (χ0) is 21.6. The van der Waals surface area contributed by atoms with E-state index in [2.05, 4.69) is 4.99 Å². The van der Waals surface area contributed by atoms with Crippen LogP contribution in [0.4, 0.5) is 4.39 Å². The van der Waals surface area contributed by atoms with Crippen LogP contribution >= 0.6 is 11.3 Å². The Morgan fingerprint density at radius 2 is 1.97 bits per heavy atom. The largest absolute Gasteiger partial charge is 0.380 e. The molecule has 0 atom stereocenters. The van der Waals surface area contributed by atoms with Crippen molar-refractivity contribution in [1.29, 1.82) is 0 Å². The molecule has 3 aromatic rings. The zero-order valence-corrected chi connectivity index (χ0v) is 18.2. The average Bonchev–Trinajstić information content (AvgIpc) is 3.04. The van der Waals surface area contributed by atoms with Gasteiger partial charge < -0.3 is 9.30 Å². The van der Waals surface area contributed by atoms with Crippen LogP contribution in [0.15, 0.2) is 58.4 Å². The molecule has 1 amide bonds. The number of carbonyl (C=O) groups is 1. The maximum atomic E-state index is 13.6. The molecule has 1 heterocycles. The highest BCUT2D eigenvalue weighted by molar-refractivity contribution is 7.91. The van der Waals surface area contributed by atoms with Gasteiger partial charge in [-0.2, -0.15) is 4.99 Å². The summed E-state index contributed by atoms with van der Waals surface area (Å²) in [5.41, 5.74) is 0.777. The van der Waals surface area contributed by atoms with E-state index in [0.717, 1.165) is 5.52 Å². The third-order valence-corrected chi connectivity index (χ3v) is 7.29. The molecule has 0 bridgehead atoms. The van der Waals surface area contributed by atoms with Crippen molar-refractivity contribution in [2.75, 3.05) is 19.0 Å². The molecule has 6 nitrogen and oxygen atoms in total. The van der Waals surface area contributed by atoms with Crippen molar-refractivity contribution in [3.8, 4) is 0 Å². The molecule has 0 aliphatic carbocycles. The number of rotatable bonds is 9. The molecule has 30 heavy (non-hydrogen) atoms. The highest BCUT2D eigenvalue weighted by Gasteiger charge is 2.15. The minimum absolute atomic E-state index is 0.0140. The van der Waals surface area contributed by atoms with Gasteiger partial charge in [0.1, 0.15) is 5.82 Å². The van der Waals surface area contributed by atoms with E-state index in [0.29, 0.717) is 29.3 Å². The van der Waals surface area contributed by atoms with Gasteiger partial charge in [-0.3, -0.25) is 4.79 Å².